The molecule has 0 aliphatic carbocycles. The van der Waals surface area contributed by atoms with Crippen molar-refractivity contribution in [2.24, 2.45) is 0 Å². The Labute approximate surface area is 98.7 Å². The van der Waals surface area contributed by atoms with Gasteiger partial charge in [0.1, 0.15) is 5.15 Å². The third-order valence-electron chi connectivity index (χ3n) is 3.09. The first kappa shape index (κ1) is 10.1. The van der Waals surface area contributed by atoms with Crippen molar-refractivity contribution in [1.82, 2.24) is 19.7 Å². The van der Waals surface area contributed by atoms with Gasteiger partial charge in [-0.2, -0.15) is 0 Å². The molecular formula is C11H13ClN4. The van der Waals surface area contributed by atoms with E-state index >= 15 is 0 Å². The van der Waals surface area contributed by atoms with Crippen LogP contribution in [0.4, 0.5) is 0 Å². The maximum Gasteiger partial charge on any atom is 0.160 e. The minimum atomic E-state index is 0.455. The number of imidazole rings is 1. The van der Waals surface area contributed by atoms with E-state index in [0.717, 1.165) is 24.4 Å². The topological polar surface area (TPSA) is 42.2 Å². The van der Waals surface area contributed by atoms with E-state index in [1.165, 1.54) is 12.8 Å². The molecule has 3 heterocycles. The van der Waals surface area contributed by atoms with Gasteiger partial charge in [0.2, 0.25) is 0 Å². The summed E-state index contributed by atoms with van der Waals surface area (Å²) in [5, 5.41) is 4.04. The van der Waals surface area contributed by atoms with Crippen molar-refractivity contribution in [3.8, 4) is 0 Å². The predicted molar refractivity (Wildman–Crippen MR) is 62.8 cm³/mol. The quantitative estimate of drug-likeness (QED) is 0.822. The number of aromatic nitrogens is 3. The summed E-state index contributed by atoms with van der Waals surface area (Å²) in [6.07, 6.45) is 7.69. The fourth-order valence-corrected chi connectivity index (χ4v) is 2.47. The average molecular weight is 237 g/mol. The zero-order valence-corrected chi connectivity index (χ0v) is 9.61. The van der Waals surface area contributed by atoms with E-state index in [0.29, 0.717) is 11.1 Å². The SMILES string of the molecule is Clc1cnc2c(C3CCCNC3)nccn12. The Hall–Kier alpha value is -1.13. The Balaban J connectivity index is 2.08. The zero-order chi connectivity index (χ0) is 11.0. The number of nitrogens with one attached hydrogen (secondary N) is 1. The van der Waals surface area contributed by atoms with Crippen LogP contribution in [0, 0.1) is 0 Å². The van der Waals surface area contributed by atoms with Gasteiger partial charge in [0.05, 0.1) is 11.9 Å². The van der Waals surface area contributed by atoms with E-state index in [-0.39, 0.29) is 0 Å². The van der Waals surface area contributed by atoms with Crippen molar-refractivity contribution >= 4 is 17.2 Å². The maximum atomic E-state index is 6.04. The molecule has 0 bridgehead atoms. The molecule has 84 valence electrons. The fourth-order valence-electron chi connectivity index (χ4n) is 2.28. The molecule has 16 heavy (non-hydrogen) atoms. The highest BCUT2D eigenvalue weighted by Gasteiger charge is 2.20. The molecule has 1 fully saturated rings. The summed E-state index contributed by atoms with van der Waals surface area (Å²) in [5.74, 6) is 0.455. The predicted octanol–water partition coefficient (Wildman–Crippen LogP) is 1.85. The Bertz CT molecular complexity index is 502. The van der Waals surface area contributed by atoms with Gasteiger partial charge in [-0.1, -0.05) is 11.6 Å². The molecule has 1 saturated heterocycles. The molecule has 1 unspecified atom stereocenters. The van der Waals surface area contributed by atoms with Gasteiger partial charge in [-0.3, -0.25) is 9.38 Å². The summed E-state index contributed by atoms with van der Waals surface area (Å²) in [6.45, 7) is 2.09. The fraction of sp³-hybridized carbons (Fsp3) is 0.455. The van der Waals surface area contributed by atoms with Crippen LogP contribution in [0.15, 0.2) is 18.6 Å². The van der Waals surface area contributed by atoms with Gasteiger partial charge in [0.15, 0.2) is 5.65 Å². The summed E-state index contributed by atoms with van der Waals surface area (Å²) in [5.41, 5.74) is 1.95. The Morgan fingerprint density at radius 3 is 3.19 bits per heavy atom. The van der Waals surface area contributed by atoms with Gasteiger partial charge in [-0.15, -0.1) is 0 Å². The zero-order valence-electron chi connectivity index (χ0n) is 8.86. The van der Waals surface area contributed by atoms with Crippen molar-refractivity contribution in [3.63, 3.8) is 0 Å². The summed E-state index contributed by atoms with van der Waals surface area (Å²) in [7, 11) is 0. The minimum Gasteiger partial charge on any atom is -0.316 e. The van der Waals surface area contributed by atoms with E-state index in [2.05, 4.69) is 15.3 Å². The molecule has 0 aromatic carbocycles. The van der Waals surface area contributed by atoms with Crippen molar-refractivity contribution in [1.29, 1.82) is 0 Å². The molecule has 2 aromatic rings. The molecule has 2 aromatic heterocycles. The van der Waals surface area contributed by atoms with Gasteiger partial charge in [-0.25, -0.2) is 4.98 Å². The summed E-state index contributed by atoms with van der Waals surface area (Å²) in [4.78, 5) is 8.80. The molecule has 0 amide bonds. The Morgan fingerprint density at radius 2 is 2.38 bits per heavy atom. The molecule has 3 rings (SSSR count). The van der Waals surface area contributed by atoms with Gasteiger partial charge >= 0.3 is 0 Å². The average Bonchev–Trinajstić information content (AvgIpc) is 2.73. The van der Waals surface area contributed by atoms with Gasteiger partial charge < -0.3 is 5.32 Å². The van der Waals surface area contributed by atoms with E-state index in [1.807, 2.05) is 10.6 Å². The second kappa shape index (κ2) is 4.03. The van der Waals surface area contributed by atoms with Crippen molar-refractivity contribution in [2.75, 3.05) is 13.1 Å². The normalized spacial score (nSPS) is 21.4. The smallest absolute Gasteiger partial charge is 0.160 e. The third kappa shape index (κ3) is 1.58. The largest absolute Gasteiger partial charge is 0.316 e. The van der Waals surface area contributed by atoms with Crippen LogP contribution in [-0.2, 0) is 0 Å². The van der Waals surface area contributed by atoms with Crippen LogP contribution >= 0.6 is 11.6 Å². The molecular weight excluding hydrogens is 224 g/mol. The maximum absolute atomic E-state index is 6.04. The number of hydrogen-bond acceptors (Lipinski definition) is 3. The molecule has 5 heteroatoms. The number of hydrogen-bond donors (Lipinski definition) is 1. The van der Waals surface area contributed by atoms with Crippen LogP contribution in [0.5, 0.6) is 0 Å². The lowest BCUT2D eigenvalue weighted by atomic mass is 9.96. The summed E-state index contributed by atoms with van der Waals surface area (Å²) < 4.78 is 1.89. The van der Waals surface area contributed by atoms with Crippen LogP contribution in [-0.4, -0.2) is 27.5 Å². The number of nitrogens with zero attached hydrogens (tertiary/aromatic N) is 3. The van der Waals surface area contributed by atoms with Gasteiger partial charge in [-0.05, 0) is 19.4 Å². The second-order valence-electron chi connectivity index (χ2n) is 4.13. The van der Waals surface area contributed by atoms with E-state index in [9.17, 15) is 0 Å². The molecule has 0 spiro atoms. The number of rotatable bonds is 1. The van der Waals surface area contributed by atoms with E-state index in [1.54, 1.807) is 12.4 Å². The van der Waals surface area contributed by atoms with Crippen LogP contribution in [0.25, 0.3) is 5.65 Å². The van der Waals surface area contributed by atoms with Crippen LogP contribution in [0.2, 0.25) is 5.15 Å². The van der Waals surface area contributed by atoms with Crippen LogP contribution in [0.3, 0.4) is 0 Å². The second-order valence-corrected chi connectivity index (χ2v) is 4.52. The molecule has 0 radical (unpaired) electrons. The van der Waals surface area contributed by atoms with Crippen LogP contribution < -0.4 is 5.32 Å². The standard InChI is InChI=1S/C11H13ClN4/c12-9-7-15-11-10(14-4-5-16(9)11)8-2-1-3-13-6-8/h4-5,7-8,13H,1-3,6H2. The lowest BCUT2D eigenvalue weighted by Gasteiger charge is -2.22. The number of halogens is 1. The lowest BCUT2D eigenvalue weighted by molar-refractivity contribution is 0.455. The highest BCUT2D eigenvalue weighted by molar-refractivity contribution is 6.29. The highest BCUT2D eigenvalue weighted by Crippen LogP contribution is 2.25. The first-order valence-electron chi connectivity index (χ1n) is 5.54. The first-order chi connectivity index (χ1) is 7.86. The molecule has 4 nitrogen and oxygen atoms in total. The van der Waals surface area contributed by atoms with Crippen molar-refractivity contribution in [3.05, 3.63) is 29.4 Å². The van der Waals surface area contributed by atoms with Crippen molar-refractivity contribution < 1.29 is 0 Å². The molecule has 1 atom stereocenters. The minimum absolute atomic E-state index is 0.455. The molecule has 0 saturated carbocycles. The summed E-state index contributed by atoms with van der Waals surface area (Å²) >= 11 is 6.04. The summed E-state index contributed by atoms with van der Waals surface area (Å²) in [6, 6.07) is 0. The molecule has 1 N–H and O–H groups in total. The van der Waals surface area contributed by atoms with E-state index in [4.69, 9.17) is 11.6 Å². The van der Waals surface area contributed by atoms with E-state index < -0.39 is 0 Å². The third-order valence-corrected chi connectivity index (χ3v) is 3.37. The monoisotopic (exact) mass is 236 g/mol. The van der Waals surface area contributed by atoms with Gasteiger partial charge in [0.25, 0.3) is 0 Å². The lowest BCUT2D eigenvalue weighted by Crippen LogP contribution is -2.29. The Morgan fingerprint density at radius 1 is 1.44 bits per heavy atom. The molecule has 1 aliphatic heterocycles. The highest BCUT2D eigenvalue weighted by atomic mass is 35.5. The number of fused-ring (bicyclic) bond motifs is 1. The Kier molecular flexibility index (Phi) is 2.53. The first-order valence-corrected chi connectivity index (χ1v) is 5.92. The van der Waals surface area contributed by atoms with Crippen molar-refractivity contribution in [2.45, 2.75) is 18.8 Å². The van der Waals surface area contributed by atoms with Crippen LogP contribution in [0.1, 0.15) is 24.5 Å². The molecule has 1 aliphatic rings. The van der Waals surface area contributed by atoms with Gasteiger partial charge in [0, 0.05) is 24.9 Å². The number of piperidine rings is 1.